The largest absolute Gasteiger partial charge is 0.463 e. The highest BCUT2D eigenvalue weighted by Gasteiger charge is 2.12. The maximum Gasteiger partial charge on any atom is 0.325 e. The van der Waals surface area contributed by atoms with E-state index < -0.39 is 0 Å². The van der Waals surface area contributed by atoms with Crippen LogP contribution >= 0.6 is 0 Å². The van der Waals surface area contributed by atoms with Gasteiger partial charge in [0.2, 0.25) is 0 Å². The van der Waals surface area contributed by atoms with E-state index in [2.05, 4.69) is 10.5 Å². The predicted molar refractivity (Wildman–Crippen MR) is 33.1 cm³/mol. The van der Waals surface area contributed by atoms with E-state index in [0.29, 0.717) is 19.3 Å². The van der Waals surface area contributed by atoms with Crippen molar-refractivity contribution < 1.29 is 4.74 Å². The summed E-state index contributed by atoms with van der Waals surface area (Å²) < 4.78 is 5.00. The molecule has 0 bridgehead atoms. The molecule has 0 aromatic rings. The Morgan fingerprint density at radius 2 is 2.78 bits per heavy atom. The average molecular weight is 130 g/mol. The summed E-state index contributed by atoms with van der Waals surface area (Å²) in [7, 11) is 0. The van der Waals surface area contributed by atoms with Gasteiger partial charge in [0, 0.05) is 0 Å². The van der Waals surface area contributed by atoms with Crippen LogP contribution in [0.2, 0.25) is 0 Å². The van der Waals surface area contributed by atoms with Crippen molar-refractivity contribution >= 4 is 6.02 Å². The topological polar surface area (TPSA) is 62.9 Å². The lowest BCUT2D eigenvalue weighted by Gasteiger charge is -2.09. The van der Waals surface area contributed by atoms with Gasteiger partial charge in [-0.3, -0.25) is 5.43 Å². The molecule has 0 radical (unpaired) electrons. The molecule has 1 rings (SSSR count). The summed E-state index contributed by atoms with van der Waals surface area (Å²) in [6, 6.07) is 0.456. The van der Waals surface area contributed by atoms with Gasteiger partial charge in [-0.25, -0.2) is 10.9 Å². The van der Waals surface area contributed by atoms with Crippen LogP contribution < -0.4 is 11.3 Å². The molecule has 0 saturated carbocycles. The number of hydrazone groups is 1. The average Bonchev–Trinajstić information content (AvgIpc) is 2.18. The third-order valence-electron chi connectivity index (χ3n) is 0.935. The maximum atomic E-state index is 5.38. The van der Waals surface area contributed by atoms with E-state index in [9.17, 15) is 0 Å². The molecule has 0 amide bonds. The summed E-state index contributed by atoms with van der Waals surface area (Å²) in [5.41, 5.74) is 2.67. The fourth-order valence-corrected chi connectivity index (χ4v) is 0.555. The first kappa shape index (κ1) is 6.15. The van der Waals surface area contributed by atoms with E-state index in [0.717, 1.165) is 0 Å². The molecule has 0 atom stereocenters. The molecule has 1 aliphatic rings. The molecule has 3 N–H and O–H groups in total. The number of nitrogens with one attached hydrogen (secondary N) is 1. The van der Waals surface area contributed by atoms with Crippen molar-refractivity contribution in [3.63, 3.8) is 0 Å². The number of hydrazine groups is 1. The van der Waals surface area contributed by atoms with Crippen LogP contribution in [-0.2, 0) is 4.74 Å². The first-order chi connectivity index (χ1) is 4.34. The first-order valence-electron chi connectivity index (χ1n) is 2.80. The van der Waals surface area contributed by atoms with Crippen LogP contribution in [0, 0.1) is 0 Å². The summed E-state index contributed by atoms with van der Waals surface area (Å²) in [6.45, 7) is 3.00. The lowest BCUT2D eigenvalue weighted by molar-refractivity contribution is 0.260. The van der Waals surface area contributed by atoms with E-state index in [-0.39, 0.29) is 0 Å². The quantitative estimate of drug-likeness (QED) is 0.448. The highest BCUT2D eigenvalue weighted by Crippen LogP contribution is 1.90. The Balaban J connectivity index is 2.38. The molecule has 0 fully saturated rings. The van der Waals surface area contributed by atoms with Crippen molar-refractivity contribution in [2.24, 2.45) is 10.9 Å². The summed E-state index contributed by atoms with van der Waals surface area (Å²) in [5.74, 6) is 5.38. The number of nitrogens with two attached hydrogens (primary N) is 1. The molecule has 0 aromatic carbocycles. The van der Waals surface area contributed by atoms with Gasteiger partial charge in [0.25, 0.3) is 0 Å². The van der Waals surface area contributed by atoms with Gasteiger partial charge in [0.05, 0.1) is 6.61 Å². The first-order valence-corrected chi connectivity index (χ1v) is 2.80. The normalized spacial score (nSPS) is 17.1. The minimum atomic E-state index is 0.456. The molecule has 5 nitrogen and oxygen atoms in total. The SMILES string of the molecule is CCOC1=NNCN1N. The molecular formula is C4H10N4O. The van der Waals surface area contributed by atoms with Crippen LogP contribution in [-0.4, -0.2) is 24.3 Å². The van der Waals surface area contributed by atoms with Gasteiger partial charge in [0.15, 0.2) is 0 Å². The van der Waals surface area contributed by atoms with E-state index in [1.54, 1.807) is 0 Å². The highest BCUT2D eigenvalue weighted by atomic mass is 16.5. The number of nitrogens with zero attached hydrogens (tertiary/aromatic N) is 2. The Morgan fingerprint density at radius 1 is 2.00 bits per heavy atom. The van der Waals surface area contributed by atoms with Crippen LogP contribution in [0.1, 0.15) is 6.92 Å². The monoisotopic (exact) mass is 130 g/mol. The fraction of sp³-hybridized carbons (Fsp3) is 0.750. The minimum absolute atomic E-state index is 0.456. The number of hydrogen-bond acceptors (Lipinski definition) is 5. The molecule has 0 aliphatic carbocycles. The molecule has 52 valence electrons. The van der Waals surface area contributed by atoms with Crippen molar-refractivity contribution in [3.8, 4) is 0 Å². The Morgan fingerprint density at radius 3 is 3.22 bits per heavy atom. The molecule has 0 saturated heterocycles. The molecule has 1 heterocycles. The lowest BCUT2D eigenvalue weighted by atomic mass is 10.8. The standard InChI is InChI=1S/C4H10N4O/c1-2-9-4-7-6-3-8(4)5/h6H,2-3,5H2,1H3. The zero-order chi connectivity index (χ0) is 6.69. The summed E-state index contributed by atoms with van der Waals surface area (Å²) in [4.78, 5) is 0. The summed E-state index contributed by atoms with van der Waals surface area (Å²) in [6.07, 6.45) is 0. The number of hydrogen-bond donors (Lipinski definition) is 2. The Kier molecular flexibility index (Phi) is 1.74. The molecule has 0 aromatic heterocycles. The van der Waals surface area contributed by atoms with Crippen LogP contribution in [0.15, 0.2) is 5.10 Å². The van der Waals surface area contributed by atoms with E-state index >= 15 is 0 Å². The number of ether oxygens (including phenoxy) is 1. The second kappa shape index (κ2) is 2.54. The van der Waals surface area contributed by atoms with Gasteiger partial charge < -0.3 is 4.74 Å². The van der Waals surface area contributed by atoms with Gasteiger partial charge >= 0.3 is 6.02 Å². The van der Waals surface area contributed by atoms with Crippen molar-refractivity contribution in [2.75, 3.05) is 13.3 Å². The van der Waals surface area contributed by atoms with Gasteiger partial charge in [-0.15, -0.1) is 5.10 Å². The van der Waals surface area contributed by atoms with Gasteiger partial charge in [-0.2, -0.15) is 0 Å². The minimum Gasteiger partial charge on any atom is -0.463 e. The third kappa shape index (κ3) is 1.23. The smallest absolute Gasteiger partial charge is 0.325 e. The van der Waals surface area contributed by atoms with Crippen LogP contribution in [0.5, 0.6) is 0 Å². The Hall–Kier alpha value is -0.970. The molecule has 9 heavy (non-hydrogen) atoms. The molecule has 0 spiro atoms. The van der Waals surface area contributed by atoms with Gasteiger partial charge in [-0.05, 0) is 6.92 Å². The second-order valence-corrected chi connectivity index (χ2v) is 1.61. The zero-order valence-electron chi connectivity index (χ0n) is 5.29. The van der Waals surface area contributed by atoms with Crippen LogP contribution in [0.25, 0.3) is 0 Å². The predicted octanol–water partition coefficient (Wildman–Crippen LogP) is -0.970. The number of rotatable bonds is 1. The molecule has 0 unspecified atom stereocenters. The van der Waals surface area contributed by atoms with Gasteiger partial charge in [0.1, 0.15) is 6.67 Å². The summed E-state index contributed by atoms with van der Waals surface area (Å²) in [5, 5.41) is 5.16. The van der Waals surface area contributed by atoms with E-state index in [1.165, 1.54) is 5.01 Å². The van der Waals surface area contributed by atoms with Crippen molar-refractivity contribution in [1.82, 2.24) is 10.4 Å². The second-order valence-electron chi connectivity index (χ2n) is 1.61. The zero-order valence-corrected chi connectivity index (χ0v) is 5.29. The number of amidine groups is 1. The van der Waals surface area contributed by atoms with Gasteiger partial charge in [-0.1, -0.05) is 0 Å². The Bertz CT molecular complexity index is 124. The van der Waals surface area contributed by atoms with Crippen LogP contribution in [0.3, 0.4) is 0 Å². The maximum absolute atomic E-state index is 5.38. The van der Waals surface area contributed by atoms with Crippen LogP contribution in [0.4, 0.5) is 0 Å². The molecular weight excluding hydrogens is 120 g/mol. The van der Waals surface area contributed by atoms with Crippen molar-refractivity contribution in [3.05, 3.63) is 0 Å². The fourth-order valence-electron chi connectivity index (χ4n) is 0.555. The molecule has 1 aliphatic heterocycles. The Labute approximate surface area is 53.4 Å². The lowest BCUT2D eigenvalue weighted by Crippen LogP contribution is -2.37. The van der Waals surface area contributed by atoms with E-state index in [4.69, 9.17) is 10.6 Å². The third-order valence-corrected chi connectivity index (χ3v) is 0.935. The van der Waals surface area contributed by atoms with Crippen molar-refractivity contribution in [2.45, 2.75) is 6.92 Å². The summed E-state index contributed by atoms with van der Waals surface area (Å²) >= 11 is 0. The van der Waals surface area contributed by atoms with E-state index in [1.807, 2.05) is 6.92 Å². The molecule has 5 heteroatoms. The van der Waals surface area contributed by atoms with Crippen molar-refractivity contribution in [1.29, 1.82) is 0 Å². The highest BCUT2D eigenvalue weighted by molar-refractivity contribution is 5.73.